The Morgan fingerprint density at radius 2 is 2.28 bits per heavy atom. The van der Waals surface area contributed by atoms with Gasteiger partial charge in [0, 0.05) is 16.0 Å². The zero-order valence-corrected chi connectivity index (χ0v) is 12.3. The Bertz CT molecular complexity index is 541. The highest BCUT2D eigenvalue weighted by molar-refractivity contribution is 9.10. The lowest BCUT2D eigenvalue weighted by Gasteiger charge is -2.14. The van der Waals surface area contributed by atoms with Gasteiger partial charge in [0.2, 0.25) is 0 Å². The van der Waals surface area contributed by atoms with E-state index in [-0.39, 0.29) is 6.04 Å². The first kappa shape index (κ1) is 13.5. The third-order valence-corrected chi connectivity index (χ3v) is 3.48. The van der Waals surface area contributed by atoms with E-state index in [1.54, 1.807) is 0 Å². The number of hydrogen-bond donors (Lipinski definition) is 1. The maximum atomic E-state index is 6.22. The van der Waals surface area contributed by atoms with Crippen LogP contribution in [0.4, 0.5) is 0 Å². The van der Waals surface area contributed by atoms with Crippen molar-refractivity contribution in [2.75, 3.05) is 0 Å². The summed E-state index contributed by atoms with van der Waals surface area (Å²) in [6.07, 6.45) is 2.51. The SMILES string of the molecule is CCCn1ncnc1C(N)c1ccc(Br)cc1Cl. The van der Waals surface area contributed by atoms with Crippen molar-refractivity contribution in [3.63, 3.8) is 0 Å². The number of rotatable bonds is 4. The van der Waals surface area contributed by atoms with Gasteiger partial charge in [0.15, 0.2) is 0 Å². The highest BCUT2D eigenvalue weighted by Crippen LogP contribution is 2.28. The highest BCUT2D eigenvalue weighted by atomic mass is 79.9. The second-order valence-electron chi connectivity index (χ2n) is 3.98. The normalized spacial score (nSPS) is 12.7. The van der Waals surface area contributed by atoms with Gasteiger partial charge >= 0.3 is 0 Å². The van der Waals surface area contributed by atoms with E-state index in [1.807, 2.05) is 22.9 Å². The molecule has 96 valence electrons. The van der Waals surface area contributed by atoms with Crippen molar-refractivity contribution in [3.8, 4) is 0 Å². The van der Waals surface area contributed by atoms with E-state index in [9.17, 15) is 0 Å². The van der Waals surface area contributed by atoms with Gasteiger partial charge in [0.05, 0.1) is 6.04 Å². The molecule has 0 amide bonds. The quantitative estimate of drug-likeness (QED) is 0.937. The van der Waals surface area contributed by atoms with Gasteiger partial charge < -0.3 is 5.73 Å². The fraction of sp³-hybridized carbons (Fsp3) is 0.333. The second-order valence-corrected chi connectivity index (χ2v) is 5.31. The second kappa shape index (κ2) is 5.82. The van der Waals surface area contributed by atoms with Crippen molar-refractivity contribution >= 4 is 27.5 Å². The van der Waals surface area contributed by atoms with Gasteiger partial charge in [-0.15, -0.1) is 0 Å². The van der Waals surface area contributed by atoms with E-state index in [0.717, 1.165) is 28.8 Å². The topological polar surface area (TPSA) is 56.7 Å². The van der Waals surface area contributed by atoms with Crippen molar-refractivity contribution in [1.29, 1.82) is 0 Å². The summed E-state index contributed by atoms with van der Waals surface area (Å²) < 4.78 is 2.75. The summed E-state index contributed by atoms with van der Waals surface area (Å²) in [6, 6.07) is 5.29. The summed E-state index contributed by atoms with van der Waals surface area (Å²) in [5.74, 6) is 0.737. The van der Waals surface area contributed by atoms with Crippen molar-refractivity contribution in [3.05, 3.63) is 45.4 Å². The Hall–Kier alpha value is -0.910. The van der Waals surface area contributed by atoms with Crippen LogP contribution in [0, 0.1) is 0 Å². The first-order valence-corrected chi connectivity index (χ1v) is 6.88. The number of nitrogens with zero attached hydrogens (tertiary/aromatic N) is 3. The van der Waals surface area contributed by atoms with E-state index in [2.05, 4.69) is 32.9 Å². The molecule has 1 heterocycles. The molecule has 0 fully saturated rings. The lowest BCUT2D eigenvalue weighted by molar-refractivity contribution is 0.553. The van der Waals surface area contributed by atoms with Crippen molar-refractivity contribution in [1.82, 2.24) is 14.8 Å². The minimum atomic E-state index is -0.361. The van der Waals surface area contributed by atoms with Crippen molar-refractivity contribution in [2.45, 2.75) is 25.9 Å². The Labute approximate surface area is 119 Å². The summed E-state index contributed by atoms with van der Waals surface area (Å²) in [6.45, 7) is 2.89. The van der Waals surface area contributed by atoms with Gasteiger partial charge in [-0.05, 0) is 24.1 Å². The molecule has 0 aliphatic carbocycles. The molecule has 18 heavy (non-hydrogen) atoms. The van der Waals surface area contributed by atoms with Crippen LogP contribution in [0.3, 0.4) is 0 Å². The average Bonchev–Trinajstić information content (AvgIpc) is 2.77. The number of halogens is 2. The fourth-order valence-electron chi connectivity index (χ4n) is 1.79. The molecule has 0 bridgehead atoms. The Morgan fingerprint density at radius 3 is 2.94 bits per heavy atom. The maximum absolute atomic E-state index is 6.22. The Balaban J connectivity index is 2.35. The van der Waals surface area contributed by atoms with E-state index in [1.165, 1.54) is 6.33 Å². The first-order valence-electron chi connectivity index (χ1n) is 5.71. The standard InChI is InChI=1S/C12H14BrClN4/c1-2-5-18-12(16-7-17-18)11(15)9-4-3-8(13)6-10(9)14/h3-4,6-7,11H,2,5,15H2,1H3. The van der Waals surface area contributed by atoms with Crippen LogP contribution in [-0.4, -0.2) is 14.8 Å². The zero-order valence-electron chi connectivity index (χ0n) is 9.98. The van der Waals surface area contributed by atoms with Crippen molar-refractivity contribution in [2.24, 2.45) is 5.73 Å². The predicted octanol–water partition coefficient (Wildman–Crippen LogP) is 3.15. The largest absolute Gasteiger partial charge is 0.318 e. The van der Waals surface area contributed by atoms with Gasteiger partial charge in [0.1, 0.15) is 12.2 Å². The molecule has 1 unspecified atom stereocenters. The predicted molar refractivity (Wildman–Crippen MR) is 75.5 cm³/mol. The van der Waals surface area contributed by atoms with E-state index >= 15 is 0 Å². The van der Waals surface area contributed by atoms with Crippen LogP contribution in [0.25, 0.3) is 0 Å². The number of nitrogens with two attached hydrogens (primary N) is 1. The van der Waals surface area contributed by atoms with Gasteiger partial charge in [-0.25, -0.2) is 9.67 Å². The summed E-state index contributed by atoms with van der Waals surface area (Å²) in [5.41, 5.74) is 7.07. The lowest BCUT2D eigenvalue weighted by atomic mass is 10.1. The van der Waals surface area contributed by atoms with Crippen LogP contribution < -0.4 is 5.73 Å². The number of benzene rings is 1. The third kappa shape index (κ3) is 2.74. The summed E-state index contributed by atoms with van der Waals surface area (Å²) in [5, 5.41) is 4.80. The molecule has 2 aromatic rings. The molecule has 6 heteroatoms. The minimum Gasteiger partial charge on any atom is -0.318 e. The number of aryl methyl sites for hydroxylation is 1. The molecule has 0 aliphatic heterocycles. The third-order valence-electron chi connectivity index (χ3n) is 2.66. The Kier molecular flexibility index (Phi) is 4.37. The zero-order chi connectivity index (χ0) is 13.1. The molecule has 2 N–H and O–H groups in total. The summed E-state index contributed by atoms with van der Waals surface area (Å²) in [4.78, 5) is 4.23. The molecule has 4 nitrogen and oxygen atoms in total. The monoisotopic (exact) mass is 328 g/mol. The molecule has 0 saturated heterocycles. The van der Waals surface area contributed by atoms with E-state index < -0.39 is 0 Å². The smallest absolute Gasteiger partial charge is 0.148 e. The molecular weight excluding hydrogens is 316 g/mol. The first-order chi connectivity index (χ1) is 8.63. The molecule has 2 rings (SSSR count). The molecule has 1 atom stereocenters. The molecule has 0 radical (unpaired) electrons. The van der Waals surface area contributed by atoms with Gasteiger partial charge in [-0.1, -0.05) is 40.5 Å². The van der Waals surface area contributed by atoms with Crippen LogP contribution >= 0.6 is 27.5 Å². The average molecular weight is 330 g/mol. The maximum Gasteiger partial charge on any atom is 0.148 e. The molecule has 1 aromatic heterocycles. The van der Waals surface area contributed by atoms with Crippen LogP contribution in [0.5, 0.6) is 0 Å². The molecular formula is C12H14BrClN4. The fourth-order valence-corrected chi connectivity index (χ4v) is 2.58. The van der Waals surface area contributed by atoms with Crippen LogP contribution in [0.1, 0.15) is 30.8 Å². The summed E-state index contributed by atoms with van der Waals surface area (Å²) in [7, 11) is 0. The minimum absolute atomic E-state index is 0.361. The number of hydrogen-bond acceptors (Lipinski definition) is 3. The van der Waals surface area contributed by atoms with Crippen molar-refractivity contribution < 1.29 is 0 Å². The Morgan fingerprint density at radius 1 is 1.50 bits per heavy atom. The molecule has 0 saturated carbocycles. The van der Waals surface area contributed by atoms with Crippen LogP contribution in [0.2, 0.25) is 5.02 Å². The highest BCUT2D eigenvalue weighted by Gasteiger charge is 2.18. The molecule has 0 aliphatic rings. The van der Waals surface area contributed by atoms with E-state index in [0.29, 0.717) is 5.02 Å². The van der Waals surface area contributed by atoms with Gasteiger partial charge in [-0.3, -0.25) is 0 Å². The van der Waals surface area contributed by atoms with Crippen LogP contribution in [-0.2, 0) is 6.54 Å². The van der Waals surface area contributed by atoms with E-state index in [4.69, 9.17) is 17.3 Å². The molecule has 1 aromatic carbocycles. The van der Waals surface area contributed by atoms with Crippen LogP contribution in [0.15, 0.2) is 29.0 Å². The lowest BCUT2D eigenvalue weighted by Crippen LogP contribution is -2.19. The van der Waals surface area contributed by atoms with Gasteiger partial charge in [-0.2, -0.15) is 5.10 Å². The molecule has 0 spiro atoms. The van der Waals surface area contributed by atoms with Gasteiger partial charge in [0.25, 0.3) is 0 Å². The summed E-state index contributed by atoms with van der Waals surface area (Å²) >= 11 is 9.58. The number of aromatic nitrogens is 3.